The summed E-state index contributed by atoms with van der Waals surface area (Å²) in [5, 5.41) is 10.2. The largest absolute Gasteiger partial charge is 0.497 e. The van der Waals surface area contributed by atoms with E-state index in [-0.39, 0.29) is 17.4 Å². The Morgan fingerprint density at radius 3 is 2.33 bits per heavy atom. The molecule has 3 rings (SSSR count). The van der Waals surface area contributed by atoms with E-state index >= 15 is 0 Å². The lowest BCUT2D eigenvalue weighted by atomic mass is 10.1. The minimum Gasteiger partial charge on any atom is -0.497 e. The average Bonchev–Trinajstić information content (AvgIpc) is 3.25. The van der Waals surface area contributed by atoms with Gasteiger partial charge in [0.1, 0.15) is 5.75 Å². The van der Waals surface area contributed by atoms with E-state index in [0.717, 1.165) is 0 Å². The number of rotatable bonds is 6. The number of carbonyl (C=O) groups is 3. The summed E-state index contributed by atoms with van der Waals surface area (Å²) >= 11 is 7.48. The maximum absolute atomic E-state index is 12.8. The molecule has 0 radical (unpaired) electrons. The molecule has 0 aliphatic heterocycles. The fraction of sp³-hybridized carbons (Fsp3) is 0.0952. The molecule has 0 fully saturated rings. The van der Waals surface area contributed by atoms with Crippen LogP contribution in [0.5, 0.6) is 5.75 Å². The molecule has 0 bridgehead atoms. The summed E-state index contributed by atoms with van der Waals surface area (Å²) in [5.74, 6) is -0.525. The molecule has 3 amide bonds. The first-order valence-corrected chi connectivity index (χ1v) is 10.0. The molecule has 0 saturated carbocycles. The van der Waals surface area contributed by atoms with Crippen molar-refractivity contribution in [3.63, 3.8) is 0 Å². The first-order chi connectivity index (χ1) is 14.4. The van der Waals surface area contributed by atoms with Gasteiger partial charge in [-0.15, -0.1) is 11.3 Å². The molecule has 0 aliphatic carbocycles. The van der Waals surface area contributed by atoms with Gasteiger partial charge in [0.15, 0.2) is 0 Å². The van der Waals surface area contributed by atoms with Gasteiger partial charge in [-0.25, -0.2) is 0 Å². The number of amides is 3. The van der Waals surface area contributed by atoms with Crippen molar-refractivity contribution < 1.29 is 19.1 Å². The number of ether oxygens (including phenoxy) is 1. The van der Waals surface area contributed by atoms with Crippen LogP contribution in [0.2, 0.25) is 5.02 Å². The first-order valence-electron chi connectivity index (χ1n) is 8.78. The molecule has 1 heterocycles. The van der Waals surface area contributed by atoms with Crippen LogP contribution in [-0.2, 0) is 4.79 Å². The van der Waals surface area contributed by atoms with Crippen molar-refractivity contribution in [1.29, 1.82) is 0 Å². The Hall–Kier alpha value is -3.36. The summed E-state index contributed by atoms with van der Waals surface area (Å²) in [6, 6.07) is 12.9. The third-order valence-corrected chi connectivity index (χ3v) is 5.21. The Bertz CT molecular complexity index is 1100. The first kappa shape index (κ1) is 21.4. The SMILES string of the molecule is COc1ccc(NC(C)=O)c(NC(=O)c2ccc(Cl)c(NC(=O)c3cccs3)c2)c1. The topological polar surface area (TPSA) is 96.5 Å². The maximum atomic E-state index is 12.8. The highest BCUT2D eigenvalue weighted by atomic mass is 35.5. The van der Waals surface area contributed by atoms with E-state index in [9.17, 15) is 14.4 Å². The fourth-order valence-electron chi connectivity index (χ4n) is 2.60. The van der Waals surface area contributed by atoms with Crippen LogP contribution in [0.25, 0.3) is 0 Å². The summed E-state index contributed by atoms with van der Waals surface area (Å²) in [6.07, 6.45) is 0. The number of halogens is 1. The molecule has 0 spiro atoms. The second-order valence-corrected chi connectivity index (χ2v) is 7.53. The number of nitrogens with one attached hydrogen (secondary N) is 3. The molecule has 30 heavy (non-hydrogen) atoms. The summed E-state index contributed by atoms with van der Waals surface area (Å²) in [5.41, 5.74) is 1.39. The van der Waals surface area contributed by atoms with E-state index in [1.165, 1.54) is 43.6 Å². The van der Waals surface area contributed by atoms with Crippen molar-refractivity contribution in [3.05, 3.63) is 69.4 Å². The van der Waals surface area contributed by atoms with Gasteiger partial charge < -0.3 is 20.7 Å². The third kappa shape index (κ3) is 5.16. The van der Waals surface area contributed by atoms with Crippen LogP contribution in [-0.4, -0.2) is 24.8 Å². The highest BCUT2D eigenvalue weighted by Crippen LogP contribution is 2.29. The fourth-order valence-corrected chi connectivity index (χ4v) is 3.38. The van der Waals surface area contributed by atoms with Crippen molar-refractivity contribution in [2.75, 3.05) is 23.1 Å². The molecule has 3 N–H and O–H groups in total. The van der Waals surface area contributed by atoms with Crippen LogP contribution < -0.4 is 20.7 Å². The molecule has 9 heteroatoms. The molecule has 154 valence electrons. The van der Waals surface area contributed by atoms with E-state index in [1.807, 2.05) is 0 Å². The Morgan fingerprint density at radius 2 is 1.67 bits per heavy atom. The van der Waals surface area contributed by atoms with Gasteiger partial charge in [-0.3, -0.25) is 14.4 Å². The van der Waals surface area contributed by atoms with Gasteiger partial charge >= 0.3 is 0 Å². The van der Waals surface area contributed by atoms with E-state index in [0.29, 0.717) is 32.7 Å². The van der Waals surface area contributed by atoms with Crippen molar-refractivity contribution in [2.24, 2.45) is 0 Å². The summed E-state index contributed by atoms with van der Waals surface area (Å²) in [6.45, 7) is 1.37. The van der Waals surface area contributed by atoms with E-state index < -0.39 is 5.91 Å². The monoisotopic (exact) mass is 443 g/mol. The molecule has 7 nitrogen and oxygen atoms in total. The van der Waals surface area contributed by atoms with Crippen LogP contribution >= 0.6 is 22.9 Å². The van der Waals surface area contributed by atoms with Gasteiger partial charge in [-0.2, -0.15) is 0 Å². The lowest BCUT2D eigenvalue weighted by Crippen LogP contribution is -2.16. The van der Waals surface area contributed by atoms with Crippen LogP contribution in [0.15, 0.2) is 53.9 Å². The molecular weight excluding hydrogens is 426 g/mol. The smallest absolute Gasteiger partial charge is 0.265 e. The quantitative estimate of drug-likeness (QED) is 0.506. The average molecular weight is 444 g/mol. The molecule has 0 atom stereocenters. The lowest BCUT2D eigenvalue weighted by molar-refractivity contribution is -0.114. The molecule has 2 aromatic carbocycles. The van der Waals surface area contributed by atoms with Gasteiger partial charge in [0.05, 0.1) is 34.1 Å². The Kier molecular flexibility index (Phi) is 6.71. The van der Waals surface area contributed by atoms with Crippen molar-refractivity contribution in [1.82, 2.24) is 0 Å². The highest BCUT2D eigenvalue weighted by molar-refractivity contribution is 7.12. The van der Waals surface area contributed by atoms with E-state index in [2.05, 4.69) is 16.0 Å². The Balaban J connectivity index is 1.84. The predicted molar refractivity (Wildman–Crippen MR) is 119 cm³/mol. The number of hydrogen-bond donors (Lipinski definition) is 3. The predicted octanol–water partition coefficient (Wildman–Crippen LogP) is 4.87. The summed E-state index contributed by atoms with van der Waals surface area (Å²) < 4.78 is 5.19. The number of anilines is 3. The second kappa shape index (κ2) is 9.43. The number of thiophene rings is 1. The summed E-state index contributed by atoms with van der Waals surface area (Å²) in [4.78, 5) is 37.1. The Labute approximate surface area is 182 Å². The normalized spacial score (nSPS) is 10.2. The zero-order chi connectivity index (χ0) is 21.7. The molecule has 0 aliphatic rings. The van der Waals surface area contributed by atoms with Gasteiger partial charge in [-0.1, -0.05) is 17.7 Å². The molecule has 0 unspecified atom stereocenters. The van der Waals surface area contributed by atoms with Crippen LogP contribution in [0.3, 0.4) is 0 Å². The minimum atomic E-state index is -0.446. The number of carbonyl (C=O) groups excluding carboxylic acids is 3. The Morgan fingerprint density at radius 1 is 0.900 bits per heavy atom. The number of methoxy groups -OCH3 is 1. The number of hydrogen-bond acceptors (Lipinski definition) is 5. The van der Waals surface area contributed by atoms with Gasteiger partial charge in [0.25, 0.3) is 11.8 Å². The van der Waals surface area contributed by atoms with E-state index in [4.69, 9.17) is 16.3 Å². The maximum Gasteiger partial charge on any atom is 0.265 e. The minimum absolute atomic E-state index is 0.275. The molecule has 1 aromatic heterocycles. The third-order valence-electron chi connectivity index (χ3n) is 4.01. The van der Waals surface area contributed by atoms with Crippen LogP contribution in [0.4, 0.5) is 17.1 Å². The zero-order valence-corrected chi connectivity index (χ0v) is 17.7. The van der Waals surface area contributed by atoms with E-state index in [1.54, 1.807) is 35.7 Å². The zero-order valence-electron chi connectivity index (χ0n) is 16.1. The van der Waals surface area contributed by atoms with Crippen molar-refractivity contribution >= 4 is 57.7 Å². The molecular formula is C21H18ClN3O4S. The van der Waals surface area contributed by atoms with Crippen molar-refractivity contribution in [2.45, 2.75) is 6.92 Å². The van der Waals surface area contributed by atoms with Gasteiger partial charge in [-0.05, 0) is 41.8 Å². The van der Waals surface area contributed by atoms with Gasteiger partial charge in [0, 0.05) is 18.6 Å². The van der Waals surface area contributed by atoms with Crippen LogP contribution in [0.1, 0.15) is 27.0 Å². The molecule has 0 saturated heterocycles. The van der Waals surface area contributed by atoms with Gasteiger partial charge in [0.2, 0.25) is 5.91 Å². The summed E-state index contributed by atoms with van der Waals surface area (Å²) in [7, 11) is 1.50. The number of benzene rings is 2. The van der Waals surface area contributed by atoms with Crippen LogP contribution in [0, 0.1) is 0 Å². The molecule has 3 aromatic rings. The standard InChI is InChI=1S/C21H18ClN3O4S/c1-12(26)23-16-8-6-14(29-2)11-18(16)25-20(27)13-5-7-15(22)17(10-13)24-21(28)19-4-3-9-30-19/h3-11H,1-2H3,(H,23,26)(H,24,28)(H,25,27). The lowest BCUT2D eigenvalue weighted by Gasteiger charge is -2.14. The highest BCUT2D eigenvalue weighted by Gasteiger charge is 2.15. The van der Waals surface area contributed by atoms with Crippen molar-refractivity contribution in [3.8, 4) is 5.75 Å². The second-order valence-electron chi connectivity index (χ2n) is 6.17.